The predicted octanol–water partition coefficient (Wildman–Crippen LogP) is 4.62. The summed E-state index contributed by atoms with van der Waals surface area (Å²) in [7, 11) is 3.82. The van der Waals surface area contributed by atoms with Gasteiger partial charge in [-0.2, -0.15) is 0 Å². The van der Waals surface area contributed by atoms with Crippen LogP contribution in [0, 0.1) is 5.92 Å². The molecule has 0 spiro atoms. The number of oxazole rings is 1. The minimum Gasteiger partial charge on any atom is -0.438 e. The zero-order chi connectivity index (χ0) is 26.4. The van der Waals surface area contributed by atoms with Crippen LogP contribution in [0.5, 0.6) is 0 Å². The van der Waals surface area contributed by atoms with Crippen molar-refractivity contribution < 1.29 is 14.0 Å². The van der Waals surface area contributed by atoms with Gasteiger partial charge in [-0.1, -0.05) is 38.0 Å². The van der Waals surface area contributed by atoms with E-state index in [-0.39, 0.29) is 29.2 Å². The van der Waals surface area contributed by atoms with E-state index in [1.54, 1.807) is 17.8 Å². The molecule has 3 heterocycles. The maximum absolute atomic E-state index is 13.1. The van der Waals surface area contributed by atoms with Crippen molar-refractivity contribution in [1.82, 2.24) is 19.8 Å². The SMILES string of the molecule is CCC(=O)CCCCC[C@H](NC(=O)C1CCN(C)CC1)c1ncc(-c2cc3ccccc3n(C)c2=O)o1. The highest BCUT2D eigenvalue weighted by Gasteiger charge is 2.28. The number of para-hydroxylation sites is 1. The third kappa shape index (κ3) is 6.55. The topological polar surface area (TPSA) is 97.4 Å². The van der Waals surface area contributed by atoms with Gasteiger partial charge in [-0.3, -0.25) is 14.4 Å². The number of aryl methyl sites for hydroxylation is 1. The van der Waals surface area contributed by atoms with Gasteiger partial charge in [-0.25, -0.2) is 4.98 Å². The Balaban J connectivity index is 1.53. The maximum atomic E-state index is 13.1. The second-order valence-electron chi connectivity index (χ2n) is 10.2. The standard InChI is InChI=1S/C29H38N4O4/c1-4-22(34)11-6-5-7-12-24(31-27(35)20-14-16-32(2)17-15-20)28-30-19-26(37-28)23-18-21-10-8-9-13-25(21)33(3)29(23)36/h8-10,13,18-20,24H,4-7,11-12,14-17H2,1-3H3,(H,31,35)/t24-/m0/s1. The number of likely N-dealkylation sites (tertiary alicyclic amines) is 1. The quantitative estimate of drug-likeness (QED) is 0.381. The van der Waals surface area contributed by atoms with Crippen LogP contribution >= 0.6 is 0 Å². The first kappa shape index (κ1) is 26.8. The summed E-state index contributed by atoms with van der Waals surface area (Å²) in [5.41, 5.74) is 1.13. The third-order valence-corrected chi connectivity index (χ3v) is 7.47. The largest absolute Gasteiger partial charge is 0.438 e. The van der Waals surface area contributed by atoms with Crippen molar-refractivity contribution in [2.24, 2.45) is 13.0 Å². The number of piperidine rings is 1. The molecule has 1 fully saturated rings. The highest BCUT2D eigenvalue weighted by Crippen LogP contribution is 2.27. The van der Waals surface area contributed by atoms with Gasteiger partial charge in [-0.05, 0) is 63.3 Å². The molecule has 37 heavy (non-hydrogen) atoms. The van der Waals surface area contributed by atoms with E-state index in [1.807, 2.05) is 37.3 Å². The van der Waals surface area contributed by atoms with Crippen molar-refractivity contribution in [2.45, 2.75) is 64.3 Å². The van der Waals surface area contributed by atoms with Crippen molar-refractivity contribution in [2.75, 3.05) is 20.1 Å². The van der Waals surface area contributed by atoms with E-state index < -0.39 is 0 Å². The molecule has 0 aliphatic carbocycles. The number of ketones is 1. The van der Waals surface area contributed by atoms with Gasteiger partial charge in [0, 0.05) is 25.8 Å². The first-order valence-corrected chi connectivity index (χ1v) is 13.4. The van der Waals surface area contributed by atoms with Gasteiger partial charge in [0.1, 0.15) is 11.8 Å². The number of benzene rings is 1. The fraction of sp³-hybridized carbons (Fsp3) is 0.517. The van der Waals surface area contributed by atoms with Gasteiger partial charge >= 0.3 is 0 Å². The fourth-order valence-corrected chi connectivity index (χ4v) is 5.01. The normalized spacial score (nSPS) is 15.6. The summed E-state index contributed by atoms with van der Waals surface area (Å²) < 4.78 is 7.75. The number of rotatable bonds is 11. The molecule has 0 radical (unpaired) electrons. The van der Waals surface area contributed by atoms with E-state index in [9.17, 15) is 14.4 Å². The average molecular weight is 507 g/mol. The van der Waals surface area contributed by atoms with Crippen molar-refractivity contribution >= 4 is 22.6 Å². The number of nitrogens with one attached hydrogen (secondary N) is 1. The number of fused-ring (bicyclic) bond motifs is 1. The van der Waals surface area contributed by atoms with Crippen molar-refractivity contribution in [3.63, 3.8) is 0 Å². The van der Waals surface area contributed by atoms with Crippen LogP contribution in [0.4, 0.5) is 0 Å². The van der Waals surface area contributed by atoms with Crippen LogP contribution in [-0.4, -0.2) is 46.3 Å². The highest BCUT2D eigenvalue weighted by atomic mass is 16.4. The van der Waals surface area contributed by atoms with Crippen LogP contribution in [-0.2, 0) is 16.6 Å². The fourth-order valence-electron chi connectivity index (χ4n) is 5.01. The molecular weight excluding hydrogens is 468 g/mol. The molecule has 0 saturated carbocycles. The summed E-state index contributed by atoms with van der Waals surface area (Å²) >= 11 is 0. The van der Waals surface area contributed by atoms with E-state index >= 15 is 0 Å². The van der Waals surface area contributed by atoms with E-state index in [2.05, 4.69) is 22.2 Å². The molecule has 8 nitrogen and oxygen atoms in total. The molecule has 1 N–H and O–H groups in total. The molecule has 198 valence electrons. The smallest absolute Gasteiger partial charge is 0.261 e. The lowest BCUT2D eigenvalue weighted by Gasteiger charge is -2.29. The summed E-state index contributed by atoms with van der Waals surface area (Å²) in [5.74, 6) is 1.09. The number of Topliss-reactive ketones (excluding diaryl/α,β-unsaturated/α-hetero) is 1. The monoisotopic (exact) mass is 506 g/mol. The lowest BCUT2D eigenvalue weighted by molar-refractivity contribution is -0.127. The maximum Gasteiger partial charge on any atom is 0.261 e. The summed E-state index contributed by atoms with van der Waals surface area (Å²) in [6, 6.07) is 9.17. The summed E-state index contributed by atoms with van der Waals surface area (Å²) in [5, 5.41) is 4.12. The Morgan fingerprint density at radius 1 is 1.14 bits per heavy atom. The molecule has 2 aromatic heterocycles. The number of amides is 1. The van der Waals surface area contributed by atoms with Gasteiger partial charge in [0.05, 0.1) is 17.3 Å². The van der Waals surface area contributed by atoms with Crippen LogP contribution in [0.15, 0.2) is 45.7 Å². The molecule has 1 aliphatic heterocycles. The average Bonchev–Trinajstić information content (AvgIpc) is 3.40. The molecule has 1 aliphatic rings. The molecule has 4 rings (SSSR count). The molecule has 1 saturated heterocycles. The number of hydrogen-bond acceptors (Lipinski definition) is 6. The Bertz CT molecular complexity index is 1290. The molecule has 1 aromatic carbocycles. The second-order valence-corrected chi connectivity index (χ2v) is 10.2. The summed E-state index contributed by atoms with van der Waals surface area (Å²) in [4.78, 5) is 44.6. The van der Waals surface area contributed by atoms with Crippen LogP contribution in [0.1, 0.15) is 70.2 Å². The minimum atomic E-state index is -0.382. The number of unbranched alkanes of at least 4 members (excludes halogenated alkanes) is 2. The second kappa shape index (κ2) is 12.3. The zero-order valence-electron chi connectivity index (χ0n) is 22.2. The minimum absolute atomic E-state index is 0.0249. The van der Waals surface area contributed by atoms with E-state index in [1.165, 1.54) is 0 Å². The van der Waals surface area contributed by atoms with Crippen LogP contribution in [0.25, 0.3) is 22.2 Å². The van der Waals surface area contributed by atoms with Gasteiger partial charge in [0.15, 0.2) is 5.76 Å². The molecule has 0 unspecified atom stereocenters. The predicted molar refractivity (Wildman–Crippen MR) is 144 cm³/mol. The number of pyridine rings is 1. The first-order valence-electron chi connectivity index (χ1n) is 13.4. The van der Waals surface area contributed by atoms with E-state index in [0.717, 1.165) is 56.1 Å². The lowest BCUT2D eigenvalue weighted by atomic mass is 9.95. The molecule has 3 aromatic rings. The Labute approximate surface area is 218 Å². The first-order chi connectivity index (χ1) is 17.9. The van der Waals surface area contributed by atoms with Gasteiger partial charge in [-0.15, -0.1) is 0 Å². The molecule has 8 heteroatoms. The zero-order valence-corrected chi connectivity index (χ0v) is 22.2. The lowest BCUT2D eigenvalue weighted by Crippen LogP contribution is -2.40. The number of aromatic nitrogens is 2. The Morgan fingerprint density at radius 3 is 2.65 bits per heavy atom. The van der Waals surface area contributed by atoms with E-state index in [4.69, 9.17) is 4.42 Å². The molecule has 0 bridgehead atoms. The molecular formula is C29H38N4O4. The van der Waals surface area contributed by atoms with E-state index in [0.29, 0.717) is 36.5 Å². The number of nitrogens with zero attached hydrogens (tertiary/aromatic N) is 3. The number of carbonyl (C=O) groups is 2. The molecule has 1 amide bonds. The van der Waals surface area contributed by atoms with Gasteiger partial charge < -0.3 is 19.2 Å². The number of carbonyl (C=O) groups excluding carboxylic acids is 2. The van der Waals surface area contributed by atoms with Crippen LogP contribution < -0.4 is 10.9 Å². The Morgan fingerprint density at radius 2 is 1.89 bits per heavy atom. The van der Waals surface area contributed by atoms with Crippen molar-refractivity contribution in [3.05, 3.63) is 52.8 Å². The van der Waals surface area contributed by atoms with Gasteiger partial charge in [0.2, 0.25) is 11.8 Å². The molecule has 1 atom stereocenters. The van der Waals surface area contributed by atoms with Gasteiger partial charge in [0.25, 0.3) is 5.56 Å². The highest BCUT2D eigenvalue weighted by molar-refractivity contribution is 5.83. The van der Waals surface area contributed by atoms with Crippen LogP contribution in [0.3, 0.4) is 0 Å². The number of hydrogen-bond donors (Lipinski definition) is 1. The Hall–Kier alpha value is -3.26. The summed E-state index contributed by atoms with van der Waals surface area (Å²) in [6.45, 7) is 3.70. The summed E-state index contributed by atoms with van der Waals surface area (Å²) in [6.07, 6.45) is 7.64. The van der Waals surface area contributed by atoms with Crippen LogP contribution in [0.2, 0.25) is 0 Å². The third-order valence-electron chi connectivity index (χ3n) is 7.47. The van der Waals surface area contributed by atoms with Crippen molar-refractivity contribution in [3.8, 4) is 11.3 Å². The Kier molecular flexibility index (Phi) is 8.92. The van der Waals surface area contributed by atoms with Crippen molar-refractivity contribution in [1.29, 1.82) is 0 Å².